The summed E-state index contributed by atoms with van der Waals surface area (Å²) in [6.45, 7) is 4.48. The Bertz CT molecular complexity index is 934. The van der Waals surface area contributed by atoms with Gasteiger partial charge in [0.1, 0.15) is 5.58 Å². The smallest absolute Gasteiger partial charge is 0.178 e. The summed E-state index contributed by atoms with van der Waals surface area (Å²) in [5.74, 6) is 7.18. The van der Waals surface area contributed by atoms with Crippen LogP contribution < -0.4 is 0 Å². The highest BCUT2D eigenvalue weighted by Gasteiger charge is 2.05. The summed E-state index contributed by atoms with van der Waals surface area (Å²) in [5, 5.41) is 1.13. The molecule has 0 saturated carbocycles. The lowest BCUT2D eigenvalue weighted by Gasteiger charge is -2.05. The van der Waals surface area contributed by atoms with Crippen LogP contribution in [0.25, 0.3) is 22.1 Å². The Morgan fingerprint density at radius 3 is 2.24 bits per heavy atom. The summed E-state index contributed by atoms with van der Waals surface area (Å²) in [6, 6.07) is 17.5. The molecule has 0 unspecified atom stereocenters. The van der Waals surface area contributed by atoms with Gasteiger partial charge >= 0.3 is 0 Å². The molecule has 3 aromatic rings. The van der Waals surface area contributed by atoms with Crippen LogP contribution in [0.3, 0.4) is 0 Å². The fraction of sp³-hybridized carbons (Fsp3) is 0.429. The van der Waals surface area contributed by atoms with E-state index < -0.39 is 0 Å². The Morgan fingerprint density at radius 2 is 1.45 bits per heavy atom. The highest BCUT2D eigenvalue weighted by molar-refractivity contribution is 5.84. The zero-order valence-corrected chi connectivity index (χ0v) is 18.1. The second kappa shape index (κ2) is 11.5. The van der Waals surface area contributed by atoms with E-state index in [9.17, 15) is 0 Å². The third-order valence-electron chi connectivity index (χ3n) is 5.49. The molecule has 1 nitrogen and oxygen atoms in total. The fourth-order valence-electron chi connectivity index (χ4n) is 3.69. The van der Waals surface area contributed by atoms with Gasteiger partial charge in [0.2, 0.25) is 0 Å². The van der Waals surface area contributed by atoms with Crippen molar-refractivity contribution in [3.8, 4) is 23.0 Å². The molecule has 0 fully saturated rings. The third kappa shape index (κ3) is 6.53. The molecule has 0 aliphatic heterocycles. The number of benzene rings is 2. The molecule has 0 aliphatic carbocycles. The van der Waals surface area contributed by atoms with E-state index in [1.807, 2.05) is 0 Å². The van der Waals surface area contributed by atoms with Crippen LogP contribution in [0.1, 0.15) is 83.0 Å². The molecule has 0 aliphatic rings. The van der Waals surface area contributed by atoms with Gasteiger partial charge in [-0.3, -0.25) is 0 Å². The summed E-state index contributed by atoms with van der Waals surface area (Å²) in [7, 11) is 0. The lowest BCUT2D eigenvalue weighted by Crippen LogP contribution is -1.86. The van der Waals surface area contributed by atoms with E-state index in [2.05, 4.69) is 74.2 Å². The molecular weight excluding hydrogens is 352 g/mol. The van der Waals surface area contributed by atoms with Crippen molar-refractivity contribution < 1.29 is 4.42 Å². The largest absolute Gasteiger partial charge is 0.448 e. The van der Waals surface area contributed by atoms with Gasteiger partial charge in [-0.05, 0) is 54.0 Å². The van der Waals surface area contributed by atoms with Crippen molar-refractivity contribution in [2.45, 2.75) is 78.1 Å². The first kappa shape index (κ1) is 21.3. The molecule has 152 valence electrons. The minimum absolute atomic E-state index is 0.770. The van der Waals surface area contributed by atoms with Crippen LogP contribution in [-0.2, 0) is 6.42 Å². The van der Waals surface area contributed by atoms with Crippen LogP contribution in [0.4, 0.5) is 0 Å². The SMILES string of the molecule is CCCCCC#Cc1cc2cc(-c3ccc(CCCCCCC)cc3)ccc2o1. The van der Waals surface area contributed by atoms with E-state index in [1.54, 1.807) is 0 Å². The first-order valence-electron chi connectivity index (χ1n) is 11.4. The minimum Gasteiger partial charge on any atom is -0.448 e. The maximum absolute atomic E-state index is 5.88. The molecule has 0 amide bonds. The lowest BCUT2D eigenvalue weighted by molar-refractivity contribution is 0.601. The minimum atomic E-state index is 0.770. The number of furan rings is 1. The second-order valence-electron chi connectivity index (χ2n) is 7.98. The van der Waals surface area contributed by atoms with Gasteiger partial charge in [-0.15, -0.1) is 0 Å². The lowest BCUT2D eigenvalue weighted by atomic mass is 10.00. The number of fused-ring (bicyclic) bond motifs is 1. The maximum atomic E-state index is 5.88. The molecule has 29 heavy (non-hydrogen) atoms. The third-order valence-corrected chi connectivity index (χ3v) is 5.49. The Morgan fingerprint density at radius 1 is 0.724 bits per heavy atom. The average molecular weight is 387 g/mol. The van der Waals surface area contributed by atoms with E-state index in [0.717, 1.165) is 23.2 Å². The van der Waals surface area contributed by atoms with Gasteiger partial charge in [0.25, 0.3) is 0 Å². The number of aryl methyl sites for hydroxylation is 1. The van der Waals surface area contributed by atoms with Crippen LogP contribution in [-0.4, -0.2) is 0 Å². The van der Waals surface area contributed by atoms with Crippen molar-refractivity contribution in [1.29, 1.82) is 0 Å². The number of unbranched alkanes of at least 4 members (excludes halogenated alkanes) is 7. The summed E-state index contributed by atoms with van der Waals surface area (Å²) < 4.78 is 5.88. The predicted octanol–water partition coefficient (Wildman–Crippen LogP) is 8.54. The number of rotatable bonds is 10. The van der Waals surface area contributed by atoms with Crippen molar-refractivity contribution in [2.75, 3.05) is 0 Å². The molecule has 0 atom stereocenters. The zero-order valence-electron chi connectivity index (χ0n) is 18.1. The van der Waals surface area contributed by atoms with Crippen LogP contribution in [0.15, 0.2) is 52.9 Å². The van der Waals surface area contributed by atoms with Gasteiger partial charge in [0.15, 0.2) is 5.76 Å². The monoisotopic (exact) mass is 386 g/mol. The molecule has 0 radical (unpaired) electrons. The topological polar surface area (TPSA) is 13.1 Å². The first-order chi connectivity index (χ1) is 14.3. The highest BCUT2D eigenvalue weighted by atomic mass is 16.3. The maximum Gasteiger partial charge on any atom is 0.178 e. The van der Waals surface area contributed by atoms with E-state index in [-0.39, 0.29) is 0 Å². The molecular formula is C28H34O. The molecule has 0 N–H and O–H groups in total. The van der Waals surface area contributed by atoms with Gasteiger partial charge in [-0.1, -0.05) is 88.6 Å². The van der Waals surface area contributed by atoms with Crippen LogP contribution in [0, 0.1) is 11.8 Å². The molecule has 0 bridgehead atoms. The molecule has 1 aromatic heterocycles. The van der Waals surface area contributed by atoms with Gasteiger partial charge in [-0.25, -0.2) is 0 Å². The van der Waals surface area contributed by atoms with Crippen molar-refractivity contribution in [1.82, 2.24) is 0 Å². The summed E-state index contributed by atoms with van der Waals surface area (Å²) >= 11 is 0. The Labute approximate surface area is 176 Å². The molecule has 3 rings (SSSR count). The van der Waals surface area contributed by atoms with E-state index in [1.165, 1.54) is 74.5 Å². The van der Waals surface area contributed by atoms with Crippen molar-refractivity contribution in [3.05, 3.63) is 59.9 Å². The van der Waals surface area contributed by atoms with E-state index in [0.29, 0.717) is 0 Å². The molecule has 1 heteroatoms. The molecule has 2 aromatic carbocycles. The van der Waals surface area contributed by atoms with E-state index >= 15 is 0 Å². The number of hydrogen-bond acceptors (Lipinski definition) is 1. The van der Waals surface area contributed by atoms with Gasteiger partial charge in [0, 0.05) is 17.9 Å². The van der Waals surface area contributed by atoms with Gasteiger partial charge in [0.05, 0.1) is 0 Å². The van der Waals surface area contributed by atoms with Crippen LogP contribution in [0.5, 0.6) is 0 Å². The zero-order chi connectivity index (χ0) is 20.3. The van der Waals surface area contributed by atoms with Crippen LogP contribution >= 0.6 is 0 Å². The van der Waals surface area contributed by atoms with E-state index in [4.69, 9.17) is 4.42 Å². The number of hydrogen-bond donors (Lipinski definition) is 0. The standard InChI is InChI=1S/C28H34O/c1-3-5-7-9-11-13-23-15-17-24(18-16-23)25-19-20-28-26(21-25)22-27(29-28)14-12-10-8-6-4-2/h15-22H,3-11,13H2,1-2H3. The highest BCUT2D eigenvalue weighted by Crippen LogP contribution is 2.27. The normalized spacial score (nSPS) is 10.8. The van der Waals surface area contributed by atoms with Crippen molar-refractivity contribution in [2.24, 2.45) is 0 Å². The van der Waals surface area contributed by atoms with Crippen LogP contribution in [0.2, 0.25) is 0 Å². The Balaban J connectivity index is 1.62. The Kier molecular flexibility index (Phi) is 8.44. The summed E-state index contributed by atoms with van der Waals surface area (Å²) in [6.07, 6.45) is 12.5. The Hall–Kier alpha value is -2.46. The summed E-state index contributed by atoms with van der Waals surface area (Å²) in [5.41, 5.74) is 4.84. The van der Waals surface area contributed by atoms with Crippen molar-refractivity contribution in [3.63, 3.8) is 0 Å². The fourth-order valence-corrected chi connectivity index (χ4v) is 3.69. The van der Waals surface area contributed by atoms with Crippen molar-refractivity contribution >= 4 is 11.0 Å². The predicted molar refractivity (Wildman–Crippen MR) is 125 cm³/mol. The average Bonchev–Trinajstić information content (AvgIpc) is 3.16. The molecule has 0 spiro atoms. The van der Waals surface area contributed by atoms with Gasteiger partial charge < -0.3 is 4.42 Å². The first-order valence-corrected chi connectivity index (χ1v) is 11.4. The van der Waals surface area contributed by atoms with Gasteiger partial charge in [-0.2, -0.15) is 0 Å². The second-order valence-corrected chi connectivity index (χ2v) is 7.98. The molecule has 0 saturated heterocycles. The summed E-state index contributed by atoms with van der Waals surface area (Å²) in [4.78, 5) is 0. The molecule has 1 heterocycles. The quantitative estimate of drug-likeness (QED) is 0.251.